The van der Waals surface area contributed by atoms with Gasteiger partial charge in [0.1, 0.15) is 16.5 Å². The molecule has 4 rings (SSSR count). The van der Waals surface area contributed by atoms with Crippen molar-refractivity contribution >= 4 is 27.4 Å². The van der Waals surface area contributed by atoms with Crippen LogP contribution in [0.3, 0.4) is 0 Å². The molecule has 1 saturated heterocycles. The summed E-state index contributed by atoms with van der Waals surface area (Å²) in [5.74, 6) is 2.94. The first-order valence-electron chi connectivity index (χ1n) is 7.26. The Kier molecular flexibility index (Phi) is 2.56. The molecule has 3 nitrogen and oxygen atoms in total. The second kappa shape index (κ2) is 4.17. The van der Waals surface area contributed by atoms with Gasteiger partial charge in [0.2, 0.25) is 0 Å². The molecule has 2 aromatic rings. The van der Waals surface area contributed by atoms with Crippen LogP contribution in [0, 0.1) is 13.8 Å². The third-order valence-corrected chi connectivity index (χ3v) is 5.48. The Hall–Kier alpha value is -1.16. The molecule has 1 aliphatic carbocycles. The van der Waals surface area contributed by atoms with Gasteiger partial charge in [-0.2, -0.15) is 0 Å². The van der Waals surface area contributed by atoms with Crippen molar-refractivity contribution in [1.82, 2.24) is 9.97 Å². The van der Waals surface area contributed by atoms with Gasteiger partial charge in [-0.1, -0.05) is 0 Å². The fourth-order valence-electron chi connectivity index (χ4n) is 2.93. The summed E-state index contributed by atoms with van der Waals surface area (Å²) in [5, 5.41) is 1.31. The molecule has 0 atom stereocenters. The molecule has 0 N–H and O–H groups in total. The average molecular weight is 273 g/mol. The first-order valence-corrected chi connectivity index (χ1v) is 8.08. The van der Waals surface area contributed by atoms with Gasteiger partial charge in [-0.3, -0.25) is 0 Å². The highest BCUT2D eigenvalue weighted by Gasteiger charge is 2.29. The van der Waals surface area contributed by atoms with E-state index in [0.717, 1.165) is 18.9 Å². The molecule has 0 spiro atoms. The van der Waals surface area contributed by atoms with Gasteiger partial charge < -0.3 is 4.90 Å². The zero-order valence-corrected chi connectivity index (χ0v) is 12.4. The number of hydrogen-bond acceptors (Lipinski definition) is 4. The monoisotopic (exact) mass is 273 g/mol. The average Bonchev–Trinajstić information content (AvgIpc) is 3.03. The molecule has 2 fully saturated rings. The van der Waals surface area contributed by atoms with Crippen molar-refractivity contribution in [2.75, 3.05) is 18.0 Å². The Labute approximate surface area is 117 Å². The summed E-state index contributed by atoms with van der Waals surface area (Å²) in [6.45, 7) is 6.73. The van der Waals surface area contributed by atoms with E-state index in [1.165, 1.54) is 52.2 Å². The van der Waals surface area contributed by atoms with Crippen molar-refractivity contribution in [1.29, 1.82) is 0 Å². The fraction of sp³-hybridized carbons (Fsp3) is 0.600. The molecule has 19 heavy (non-hydrogen) atoms. The zero-order chi connectivity index (χ0) is 13.0. The number of aromatic nitrogens is 2. The third kappa shape index (κ3) is 1.84. The van der Waals surface area contributed by atoms with Crippen molar-refractivity contribution in [3.8, 4) is 0 Å². The third-order valence-electron chi connectivity index (χ3n) is 4.37. The lowest BCUT2D eigenvalue weighted by molar-refractivity contribution is 0.891. The topological polar surface area (TPSA) is 29.0 Å². The van der Waals surface area contributed by atoms with Gasteiger partial charge in [0.05, 0.1) is 5.39 Å². The van der Waals surface area contributed by atoms with Crippen LogP contribution in [0.1, 0.15) is 47.9 Å². The number of fused-ring (bicyclic) bond motifs is 1. The standard InChI is InChI=1S/C15H19N3S/c1-9-10(2)19-15-12(9)14(18-7-3-4-8-18)16-13(17-15)11-5-6-11/h11H,3-8H2,1-2H3. The van der Waals surface area contributed by atoms with E-state index in [0.29, 0.717) is 5.92 Å². The first kappa shape index (κ1) is 11.6. The highest BCUT2D eigenvalue weighted by atomic mass is 32.1. The van der Waals surface area contributed by atoms with Crippen molar-refractivity contribution in [2.45, 2.75) is 45.4 Å². The van der Waals surface area contributed by atoms with E-state index in [2.05, 4.69) is 18.7 Å². The molecule has 0 aromatic carbocycles. The second-order valence-electron chi connectivity index (χ2n) is 5.84. The van der Waals surface area contributed by atoms with Gasteiger partial charge in [0, 0.05) is 23.9 Å². The van der Waals surface area contributed by atoms with Crippen molar-refractivity contribution in [3.05, 3.63) is 16.3 Å². The molecule has 100 valence electrons. The maximum Gasteiger partial charge on any atom is 0.141 e. The summed E-state index contributed by atoms with van der Waals surface area (Å²) < 4.78 is 0. The minimum Gasteiger partial charge on any atom is -0.356 e. The van der Waals surface area contributed by atoms with Gasteiger partial charge in [-0.15, -0.1) is 11.3 Å². The lowest BCUT2D eigenvalue weighted by Gasteiger charge is -2.18. The largest absolute Gasteiger partial charge is 0.356 e. The van der Waals surface area contributed by atoms with Crippen molar-refractivity contribution in [2.24, 2.45) is 0 Å². The Morgan fingerprint density at radius 2 is 1.84 bits per heavy atom. The first-order chi connectivity index (χ1) is 9.24. The predicted octanol–water partition coefficient (Wildman–Crippen LogP) is 3.79. The quantitative estimate of drug-likeness (QED) is 0.833. The van der Waals surface area contributed by atoms with E-state index in [1.807, 2.05) is 11.3 Å². The van der Waals surface area contributed by atoms with Crippen LogP contribution in [0.2, 0.25) is 0 Å². The van der Waals surface area contributed by atoms with E-state index >= 15 is 0 Å². The Morgan fingerprint density at radius 1 is 1.11 bits per heavy atom. The van der Waals surface area contributed by atoms with Crippen LogP contribution in [0.5, 0.6) is 0 Å². The van der Waals surface area contributed by atoms with Gasteiger partial charge in [-0.05, 0) is 45.1 Å². The molecule has 2 aromatic heterocycles. The van der Waals surface area contributed by atoms with Crippen LogP contribution in [0.15, 0.2) is 0 Å². The number of anilines is 1. The van der Waals surface area contributed by atoms with Gasteiger partial charge >= 0.3 is 0 Å². The zero-order valence-electron chi connectivity index (χ0n) is 11.6. The van der Waals surface area contributed by atoms with E-state index in [9.17, 15) is 0 Å². The number of hydrogen-bond donors (Lipinski definition) is 0. The smallest absolute Gasteiger partial charge is 0.141 e. The summed E-state index contributed by atoms with van der Waals surface area (Å²) in [6.07, 6.45) is 5.14. The number of thiophene rings is 1. The van der Waals surface area contributed by atoms with Crippen LogP contribution in [0.25, 0.3) is 10.2 Å². The molecule has 0 bridgehead atoms. The summed E-state index contributed by atoms with van der Waals surface area (Å²) in [6, 6.07) is 0. The Balaban J connectivity index is 1.95. The minimum absolute atomic E-state index is 0.633. The summed E-state index contributed by atoms with van der Waals surface area (Å²) in [7, 11) is 0. The molecule has 1 saturated carbocycles. The molecule has 4 heteroatoms. The van der Waals surface area contributed by atoms with Crippen LogP contribution in [0.4, 0.5) is 5.82 Å². The lowest BCUT2D eigenvalue weighted by atomic mass is 10.2. The lowest BCUT2D eigenvalue weighted by Crippen LogP contribution is -2.20. The minimum atomic E-state index is 0.633. The van der Waals surface area contributed by atoms with Crippen LogP contribution < -0.4 is 4.90 Å². The van der Waals surface area contributed by atoms with Gasteiger partial charge in [-0.25, -0.2) is 9.97 Å². The van der Waals surface area contributed by atoms with Crippen molar-refractivity contribution in [3.63, 3.8) is 0 Å². The van der Waals surface area contributed by atoms with Gasteiger partial charge in [0.15, 0.2) is 0 Å². The summed E-state index contributed by atoms with van der Waals surface area (Å²) in [4.78, 5) is 14.8. The van der Waals surface area contributed by atoms with Crippen molar-refractivity contribution < 1.29 is 0 Å². The molecule has 0 unspecified atom stereocenters. The van der Waals surface area contributed by atoms with Crippen LogP contribution >= 0.6 is 11.3 Å². The van der Waals surface area contributed by atoms with Crippen LogP contribution in [-0.2, 0) is 0 Å². The molecule has 1 aliphatic heterocycles. The van der Waals surface area contributed by atoms with Gasteiger partial charge in [0.25, 0.3) is 0 Å². The summed E-state index contributed by atoms with van der Waals surface area (Å²) >= 11 is 1.83. The van der Waals surface area contributed by atoms with E-state index in [1.54, 1.807) is 0 Å². The molecule has 0 radical (unpaired) electrons. The number of rotatable bonds is 2. The predicted molar refractivity (Wildman–Crippen MR) is 80.3 cm³/mol. The molecular weight excluding hydrogens is 254 g/mol. The van der Waals surface area contributed by atoms with E-state index in [4.69, 9.17) is 9.97 Å². The Morgan fingerprint density at radius 3 is 2.53 bits per heavy atom. The maximum absolute atomic E-state index is 4.94. The second-order valence-corrected chi connectivity index (χ2v) is 7.04. The maximum atomic E-state index is 4.94. The van der Waals surface area contributed by atoms with E-state index in [-0.39, 0.29) is 0 Å². The number of aryl methyl sites for hydroxylation is 2. The Bertz CT molecular complexity index is 636. The van der Waals surface area contributed by atoms with E-state index < -0.39 is 0 Å². The normalized spacial score (nSPS) is 19.6. The fourth-order valence-corrected chi connectivity index (χ4v) is 3.96. The summed E-state index contributed by atoms with van der Waals surface area (Å²) in [5.41, 5.74) is 1.38. The molecule has 3 heterocycles. The highest BCUT2D eigenvalue weighted by molar-refractivity contribution is 7.18. The highest BCUT2D eigenvalue weighted by Crippen LogP contribution is 2.42. The molecule has 0 amide bonds. The number of nitrogens with zero attached hydrogens (tertiary/aromatic N) is 3. The molecule has 2 aliphatic rings. The van der Waals surface area contributed by atoms with Crippen LogP contribution in [-0.4, -0.2) is 23.1 Å². The molecular formula is C15H19N3S. The SMILES string of the molecule is Cc1sc2nc(C3CC3)nc(N3CCCC3)c2c1C.